The predicted molar refractivity (Wildman–Crippen MR) is 55.8 cm³/mol. The zero-order valence-electron chi connectivity index (χ0n) is 8.65. The summed E-state index contributed by atoms with van der Waals surface area (Å²) in [5, 5.41) is 0. The molecule has 0 fully saturated rings. The van der Waals surface area contributed by atoms with Gasteiger partial charge in [-0.05, 0) is 41.4 Å². The Hall–Kier alpha value is -0.780. The lowest BCUT2D eigenvalue weighted by atomic mass is 9.85. The van der Waals surface area contributed by atoms with Gasteiger partial charge in [-0.1, -0.05) is 39.0 Å². The predicted octanol–water partition coefficient (Wildman–Crippen LogP) is 3.16. The number of hydrogen-bond donors (Lipinski definition) is 0. The van der Waals surface area contributed by atoms with Crippen LogP contribution in [0.3, 0.4) is 0 Å². The molecule has 1 aromatic carbocycles. The molecule has 0 aliphatic heterocycles. The average Bonchev–Trinajstić information content (AvgIpc) is 2.47. The Bertz CT molecular complexity index is 315. The van der Waals surface area contributed by atoms with Crippen molar-refractivity contribution in [2.24, 2.45) is 0 Å². The molecule has 0 unspecified atom stereocenters. The molecule has 0 heteroatoms. The van der Waals surface area contributed by atoms with Gasteiger partial charge in [0.25, 0.3) is 0 Å². The molecule has 0 saturated heterocycles. The van der Waals surface area contributed by atoms with Crippen molar-refractivity contribution in [2.45, 2.75) is 39.0 Å². The molecule has 2 radical (unpaired) electrons. The van der Waals surface area contributed by atoms with Crippen LogP contribution in [0.2, 0.25) is 0 Å². The summed E-state index contributed by atoms with van der Waals surface area (Å²) in [6.45, 7) is 6.78. The van der Waals surface area contributed by atoms with Crippen LogP contribution in [-0.4, -0.2) is 0 Å². The Kier molecular flexibility index (Phi) is 1.94. The van der Waals surface area contributed by atoms with E-state index in [9.17, 15) is 0 Å². The summed E-state index contributed by atoms with van der Waals surface area (Å²) in [6, 6.07) is 6.86. The highest BCUT2D eigenvalue weighted by Gasteiger charge is 2.17. The maximum absolute atomic E-state index is 3.37. The molecule has 0 bridgehead atoms. The minimum absolute atomic E-state index is 0.275. The van der Waals surface area contributed by atoms with E-state index < -0.39 is 0 Å². The van der Waals surface area contributed by atoms with Gasteiger partial charge in [-0.3, -0.25) is 0 Å². The van der Waals surface area contributed by atoms with Crippen molar-refractivity contribution in [1.29, 1.82) is 0 Å². The fraction of sp³-hybridized carbons (Fsp3) is 0.462. The molecule has 0 atom stereocenters. The Morgan fingerprint density at radius 3 is 2.46 bits per heavy atom. The maximum Gasteiger partial charge on any atom is -0.00793 e. The van der Waals surface area contributed by atoms with Crippen molar-refractivity contribution in [2.75, 3.05) is 0 Å². The molecule has 1 aliphatic carbocycles. The normalized spacial score (nSPS) is 15.9. The van der Waals surface area contributed by atoms with E-state index in [1.807, 2.05) is 0 Å². The van der Waals surface area contributed by atoms with E-state index in [1.54, 1.807) is 0 Å². The number of fused-ring (bicyclic) bond motifs is 1. The zero-order valence-corrected chi connectivity index (χ0v) is 8.65. The van der Waals surface area contributed by atoms with Crippen LogP contribution in [0, 0.1) is 6.42 Å². The standard InChI is InChI=1S/C13H16/c1-13(2,3)12-8-7-10-5-4-6-11(10)9-12/h7-9H,5-6H2,1-3H3. The highest BCUT2D eigenvalue weighted by atomic mass is 14.2. The average molecular weight is 172 g/mol. The van der Waals surface area contributed by atoms with Crippen molar-refractivity contribution in [3.8, 4) is 0 Å². The minimum Gasteiger partial charge on any atom is -0.0585 e. The van der Waals surface area contributed by atoms with Crippen LogP contribution in [0.25, 0.3) is 0 Å². The molecule has 0 N–H and O–H groups in total. The van der Waals surface area contributed by atoms with E-state index in [4.69, 9.17) is 0 Å². The summed E-state index contributed by atoms with van der Waals surface area (Å²) in [7, 11) is 0. The zero-order chi connectivity index (χ0) is 9.47. The fourth-order valence-electron chi connectivity index (χ4n) is 1.76. The van der Waals surface area contributed by atoms with Crippen LogP contribution in [0.5, 0.6) is 0 Å². The van der Waals surface area contributed by atoms with Crippen molar-refractivity contribution in [1.82, 2.24) is 0 Å². The summed E-state index contributed by atoms with van der Waals surface area (Å²) in [6.07, 6.45) is 5.45. The quantitative estimate of drug-likeness (QED) is 0.564. The first kappa shape index (κ1) is 8.80. The van der Waals surface area contributed by atoms with E-state index in [0.717, 1.165) is 12.8 Å². The van der Waals surface area contributed by atoms with Crippen molar-refractivity contribution >= 4 is 0 Å². The van der Waals surface area contributed by atoms with E-state index >= 15 is 0 Å². The SMILES string of the molecule is CC(C)(C)c1ccc2c(c1)C[C]C2. The van der Waals surface area contributed by atoms with Gasteiger partial charge in [0.2, 0.25) is 0 Å². The van der Waals surface area contributed by atoms with Gasteiger partial charge in [0, 0.05) is 0 Å². The van der Waals surface area contributed by atoms with Crippen molar-refractivity contribution in [3.63, 3.8) is 0 Å². The third-order valence-electron chi connectivity index (χ3n) is 2.70. The lowest BCUT2D eigenvalue weighted by Crippen LogP contribution is -2.11. The lowest BCUT2D eigenvalue weighted by molar-refractivity contribution is 0.589. The van der Waals surface area contributed by atoms with E-state index in [2.05, 4.69) is 45.4 Å². The van der Waals surface area contributed by atoms with Gasteiger partial charge in [-0.25, -0.2) is 0 Å². The highest BCUT2D eigenvalue weighted by molar-refractivity contribution is 5.40. The van der Waals surface area contributed by atoms with Crippen LogP contribution in [0.4, 0.5) is 0 Å². The molecule has 0 spiro atoms. The van der Waals surface area contributed by atoms with Gasteiger partial charge < -0.3 is 0 Å². The molecule has 0 heterocycles. The Morgan fingerprint density at radius 1 is 1.08 bits per heavy atom. The number of benzene rings is 1. The van der Waals surface area contributed by atoms with E-state index in [0.29, 0.717) is 0 Å². The first-order valence-corrected chi connectivity index (χ1v) is 4.90. The fourth-order valence-corrected chi connectivity index (χ4v) is 1.76. The second kappa shape index (κ2) is 2.87. The van der Waals surface area contributed by atoms with Gasteiger partial charge in [-0.2, -0.15) is 0 Å². The molecule has 1 aromatic rings. The van der Waals surface area contributed by atoms with Crippen LogP contribution >= 0.6 is 0 Å². The molecule has 2 rings (SSSR count). The molecule has 0 saturated carbocycles. The molecular weight excluding hydrogens is 156 g/mol. The largest absolute Gasteiger partial charge is 0.0585 e. The highest BCUT2D eigenvalue weighted by Crippen LogP contribution is 2.28. The topological polar surface area (TPSA) is 0 Å². The van der Waals surface area contributed by atoms with Crippen LogP contribution in [0.15, 0.2) is 18.2 Å². The summed E-state index contributed by atoms with van der Waals surface area (Å²) in [5.41, 5.74) is 4.66. The van der Waals surface area contributed by atoms with Crippen molar-refractivity contribution < 1.29 is 0 Å². The Labute approximate surface area is 81.0 Å². The van der Waals surface area contributed by atoms with Gasteiger partial charge >= 0.3 is 0 Å². The number of hydrogen-bond acceptors (Lipinski definition) is 0. The second-order valence-corrected chi connectivity index (χ2v) is 4.84. The van der Waals surface area contributed by atoms with Gasteiger partial charge in [0.05, 0.1) is 0 Å². The summed E-state index contributed by atoms with van der Waals surface area (Å²) >= 11 is 0. The minimum atomic E-state index is 0.275. The lowest BCUT2D eigenvalue weighted by Gasteiger charge is -2.19. The Morgan fingerprint density at radius 2 is 1.77 bits per heavy atom. The maximum atomic E-state index is 3.37. The summed E-state index contributed by atoms with van der Waals surface area (Å²) < 4.78 is 0. The summed E-state index contributed by atoms with van der Waals surface area (Å²) in [5.74, 6) is 0. The first-order valence-electron chi connectivity index (χ1n) is 4.90. The molecule has 1 aliphatic rings. The van der Waals surface area contributed by atoms with Crippen LogP contribution in [-0.2, 0) is 18.3 Å². The smallest absolute Gasteiger partial charge is 0.00793 e. The first-order chi connectivity index (χ1) is 6.07. The summed E-state index contributed by atoms with van der Waals surface area (Å²) in [4.78, 5) is 0. The Balaban J connectivity index is 2.42. The van der Waals surface area contributed by atoms with Crippen LogP contribution < -0.4 is 0 Å². The van der Waals surface area contributed by atoms with Crippen LogP contribution in [0.1, 0.15) is 37.5 Å². The van der Waals surface area contributed by atoms with Crippen molar-refractivity contribution in [3.05, 3.63) is 41.3 Å². The monoisotopic (exact) mass is 172 g/mol. The third kappa shape index (κ3) is 1.63. The molecule has 0 amide bonds. The molecule has 13 heavy (non-hydrogen) atoms. The molecule has 68 valence electrons. The van der Waals surface area contributed by atoms with Gasteiger partial charge in [0.1, 0.15) is 0 Å². The number of rotatable bonds is 0. The van der Waals surface area contributed by atoms with Gasteiger partial charge in [0.15, 0.2) is 0 Å². The molecule has 0 aromatic heterocycles. The van der Waals surface area contributed by atoms with Gasteiger partial charge in [-0.15, -0.1) is 0 Å². The molecular formula is C13H16. The van der Waals surface area contributed by atoms with E-state index in [1.165, 1.54) is 16.7 Å². The third-order valence-corrected chi connectivity index (χ3v) is 2.70. The second-order valence-electron chi connectivity index (χ2n) is 4.84. The molecule has 0 nitrogen and oxygen atoms in total. The van der Waals surface area contributed by atoms with E-state index in [-0.39, 0.29) is 5.41 Å².